The number of rotatable bonds is 4. The van der Waals surface area contributed by atoms with Gasteiger partial charge in [0.25, 0.3) is 0 Å². The first-order valence-corrected chi connectivity index (χ1v) is 7.12. The zero-order valence-corrected chi connectivity index (χ0v) is 12.2. The van der Waals surface area contributed by atoms with Gasteiger partial charge in [-0.1, -0.05) is 25.1 Å². The average molecular weight is 271 g/mol. The summed E-state index contributed by atoms with van der Waals surface area (Å²) in [7, 11) is 2.01. The van der Waals surface area contributed by atoms with Gasteiger partial charge in [0.2, 0.25) is 0 Å². The van der Waals surface area contributed by atoms with E-state index in [4.69, 9.17) is 4.74 Å². The van der Waals surface area contributed by atoms with Crippen LogP contribution in [0.3, 0.4) is 0 Å². The number of fused-ring (bicyclic) bond motifs is 1. The number of hydrogen-bond donors (Lipinski definition) is 1. The lowest BCUT2D eigenvalue weighted by atomic mass is 9.94. The van der Waals surface area contributed by atoms with Gasteiger partial charge in [0.15, 0.2) is 0 Å². The van der Waals surface area contributed by atoms with Crippen molar-refractivity contribution in [2.24, 2.45) is 7.05 Å². The van der Waals surface area contributed by atoms with Crippen LogP contribution in [0.2, 0.25) is 0 Å². The normalized spacial score (nSPS) is 22.4. The fourth-order valence-electron chi connectivity index (χ4n) is 2.86. The van der Waals surface area contributed by atoms with Crippen LogP contribution in [-0.4, -0.2) is 21.7 Å². The third-order valence-electron chi connectivity index (χ3n) is 4.16. The minimum Gasteiger partial charge on any atom is -0.488 e. The number of para-hydroxylation sites is 1. The monoisotopic (exact) mass is 271 g/mol. The SMILES string of the molecule is CC(NCc1nccn1C)C1Oc2ccccc2C1C. The molecular formula is C16H21N3O. The summed E-state index contributed by atoms with van der Waals surface area (Å²) in [5.74, 6) is 2.48. The predicted molar refractivity (Wildman–Crippen MR) is 78.8 cm³/mol. The fraction of sp³-hybridized carbons (Fsp3) is 0.438. The van der Waals surface area contributed by atoms with E-state index in [2.05, 4.69) is 42.3 Å². The summed E-state index contributed by atoms with van der Waals surface area (Å²) in [5, 5.41) is 3.52. The summed E-state index contributed by atoms with van der Waals surface area (Å²) in [6.45, 7) is 5.17. The maximum absolute atomic E-state index is 6.09. The van der Waals surface area contributed by atoms with E-state index in [-0.39, 0.29) is 12.1 Å². The molecule has 1 aliphatic rings. The van der Waals surface area contributed by atoms with Crippen molar-refractivity contribution in [3.8, 4) is 5.75 Å². The molecule has 4 nitrogen and oxygen atoms in total. The summed E-state index contributed by atoms with van der Waals surface area (Å²) in [4.78, 5) is 4.33. The van der Waals surface area contributed by atoms with Crippen molar-refractivity contribution in [1.29, 1.82) is 0 Å². The highest BCUT2D eigenvalue weighted by atomic mass is 16.5. The van der Waals surface area contributed by atoms with Crippen molar-refractivity contribution in [1.82, 2.24) is 14.9 Å². The van der Waals surface area contributed by atoms with Gasteiger partial charge in [-0.2, -0.15) is 0 Å². The van der Waals surface area contributed by atoms with Crippen LogP contribution in [0.25, 0.3) is 0 Å². The molecule has 3 atom stereocenters. The molecule has 20 heavy (non-hydrogen) atoms. The molecule has 0 saturated carbocycles. The zero-order chi connectivity index (χ0) is 14.1. The van der Waals surface area contributed by atoms with Gasteiger partial charge < -0.3 is 14.6 Å². The van der Waals surface area contributed by atoms with E-state index in [0.29, 0.717) is 5.92 Å². The number of nitrogens with zero attached hydrogens (tertiary/aromatic N) is 2. The number of nitrogens with one attached hydrogen (secondary N) is 1. The van der Waals surface area contributed by atoms with E-state index in [1.807, 2.05) is 30.1 Å². The van der Waals surface area contributed by atoms with Gasteiger partial charge in [0, 0.05) is 37.0 Å². The van der Waals surface area contributed by atoms with E-state index in [9.17, 15) is 0 Å². The number of aromatic nitrogens is 2. The summed E-state index contributed by atoms with van der Waals surface area (Å²) in [6, 6.07) is 8.59. The molecule has 1 aromatic carbocycles. The standard InChI is InChI=1S/C16H21N3O/c1-11-13-6-4-5-7-14(13)20-16(11)12(2)18-10-15-17-8-9-19(15)3/h4-9,11-12,16,18H,10H2,1-3H3. The van der Waals surface area contributed by atoms with Gasteiger partial charge in [0.1, 0.15) is 17.7 Å². The molecule has 3 rings (SSSR count). The van der Waals surface area contributed by atoms with Gasteiger partial charge in [-0.3, -0.25) is 0 Å². The molecule has 0 radical (unpaired) electrons. The van der Waals surface area contributed by atoms with Crippen molar-refractivity contribution in [2.45, 2.75) is 38.5 Å². The first-order chi connectivity index (χ1) is 9.66. The quantitative estimate of drug-likeness (QED) is 0.928. The molecule has 0 spiro atoms. The van der Waals surface area contributed by atoms with Crippen LogP contribution in [0.15, 0.2) is 36.7 Å². The van der Waals surface area contributed by atoms with Crippen molar-refractivity contribution in [3.63, 3.8) is 0 Å². The Morgan fingerprint density at radius 3 is 2.90 bits per heavy atom. The summed E-state index contributed by atoms with van der Waals surface area (Å²) >= 11 is 0. The van der Waals surface area contributed by atoms with Crippen molar-refractivity contribution < 1.29 is 4.74 Å². The molecular weight excluding hydrogens is 250 g/mol. The molecule has 1 aromatic heterocycles. The molecule has 4 heteroatoms. The molecule has 2 heterocycles. The largest absolute Gasteiger partial charge is 0.488 e. The minimum absolute atomic E-state index is 0.174. The number of ether oxygens (including phenoxy) is 1. The van der Waals surface area contributed by atoms with Crippen LogP contribution in [0, 0.1) is 0 Å². The van der Waals surface area contributed by atoms with Crippen LogP contribution in [-0.2, 0) is 13.6 Å². The lowest BCUT2D eigenvalue weighted by molar-refractivity contribution is 0.165. The van der Waals surface area contributed by atoms with Crippen LogP contribution in [0.1, 0.15) is 31.2 Å². The minimum atomic E-state index is 0.174. The lowest BCUT2D eigenvalue weighted by Crippen LogP contribution is -2.41. The van der Waals surface area contributed by atoms with Gasteiger partial charge in [-0.05, 0) is 13.0 Å². The van der Waals surface area contributed by atoms with Gasteiger partial charge in [-0.25, -0.2) is 4.98 Å². The van der Waals surface area contributed by atoms with Crippen LogP contribution >= 0.6 is 0 Å². The van der Waals surface area contributed by atoms with E-state index >= 15 is 0 Å². The molecule has 0 bridgehead atoms. The van der Waals surface area contributed by atoms with Crippen LogP contribution < -0.4 is 10.1 Å². The number of aryl methyl sites for hydroxylation is 1. The Balaban J connectivity index is 1.64. The van der Waals surface area contributed by atoms with E-state index in [1.165, 1.54) is 5.56 Å². The fourth-order valence-corrected chi connectivity index (χ4v) is 2.86. The van der Waals surface area contributed by atoms with Crippen molar-refractivity contribution in [2.75, 3.05) is 0 Å². The van der Waals surface area contributed by atoms with Gasteiger partial charge >= 0.3 is 0 Å². The summed E-state index contributed by atoms with van der Waals surface area (Å²) in [5.41, 5.74) is 1.31. The van der Waals surface area contributed by atoms with Crippen LogP contribution in [0.5, 0.6) is 5.75 Å². The Kier molecular flexibility index (Phi) is 3.49. The lowest BCUT2D eigenvalue weighted by Gasteiger charge is -2.24. The topological polar surface area (TPSA) is 39.1 Å². The number of imidazole rings is 1. The Labute approximate surface area is 119 Å². The zero-order valence-electron chi connectivity index (χ0n) is 12.2. The maximum atomic E-state index is 6.09. The third-order valence-corrected chi connectivity index (χ3v) is 4.16. The second-order valence-corrected chi connectivity index (χ2v) is 5.53. The highest BCUT2D eigenvalue weighted by Crippen LogP contribution is 2.38. The first-order valence-electron chi connectivity index (χ1n) is 7.12. The Morgan fingerprint density at radius 2 is 2.20 bits per heavy atom. The highest BCUT2D eigenvalue weighted by molar-refractivity contribution is 5.40. The average Bonchev–Trinajstić information content (AvgIpc) is 3.01. The Bertz CT molecular complexity index is 593. The second-order valence-electron chi connectivity index (χ2n) is 5.53. The molecule has 1 aliphatic heterocycles. The third kappa shape index (κ3) is 2.31. The molecule has 0 fully saturated rings. The molecule has 0 aliphatic carbocycles. The van der Waals surface area contributed by atoms with E-state index < -0.39 is 0 Å². The van der Waals surface area contributed by atoms with Crippen molar-refractivity contribution in [3.05, 3.63) is 48.0 Å². The Hall–Kier alpha value is -1.81. The van der Waals surface area contributed by atoms with Crippen molar-refractivity contribution >= 4 is 0 Å². The summed E-state index contributed by atoms with van der Waals surface area (Å²) < 4.78 is 8.13. The highest BCUT2D eigenvalue weighted by Gasteiger charge is 2.34. The number of hydrogen-bond acceptors (Lipinski definition) is 3. The second kappa shape index (κ2) is 5.29. The number of benzene rings is 1. The molecule has 1 N–H and O–H groups in total. The first kappa shape index (κ1) is 13.2. The van der Waals surface area contributed by atoms with Gasteiger partial charge in [-0.15, -0.1) is 0 Å². The molecule has 2 aromatic rings. The van der Waals surface area contributed by atoms with Crippen LogP contribution in [0.4, 0.5) is 0 Å². The van der Waals surface area contributed by atoms with E-state index in [0.717, 1.165) is 18.1 Å². The molecule has 106 valence electrons. The smallest absolute Gasteiger partial charge is 0.123 e. The predicted octanol–water partition coefficient (Wildman–Crippen LogP) is 2.46. The van der Waals surface area contributed by atoms with E-state index in [1.54, 1.807) is 0 Å². The molecule has 3 unspecified atom stereocenters. The maximum Gasteiger partial charge on any atom is 0.123 e. The summed E-state index contributed by atoms with van der Waals surface area (Å²) in [6.07, 6.45) is 3.96. The molecule has 0 saturated heterocycles. The molecule has 0 amide bonds. The Morgan fingerprint density at radius 1 is 1.40 bits per heavy atom. The van der Waals surface area contributed by atoms with Gasteiger partial charge in [0.05, 0.1) is 6.54 Å².